The Labute approximate surface area is 119 Å². The molecule has 94 valence electrons. The molecule has 1 aromatic heterocycles. The fourth-order valence-electron chi connectivity index (χ4n) is 1.42. The van der Waals surface area contributed by atoms with Crippen LogP contribution in [0.5, 0.6) is 0 Å². The lowest BCUT2D eigenvalue weighted by atomic mass is 10.2. The largest absolute Gasteiger partial charge is 0.320 e. The molecule has 2 rings (SSSR count). The molecule has 1 amide bonds. The lowest BCUT2D eigenvalue weighted by Crippen LogP contribution is -2.13. The van der Waals surface area contributed by atoms with Gasteiger partial charge in [-0.25, -0.2) is 0 Å². The number of halogens is 1. The highest BCUT2D eigenvalue weighted by Gasteiger charge is 2.11. The van der Waals surface area contributed by atoms with Gasteiger partial charge in [0.1, 0.15) is 11.6 Å². The minimum absolute atomic E-state index is 0.0401. The van der Waals surface area contributed by atoms with Crippen LogP contribution in [0.2, 0.25) is 5.02 Å². The van der Waals surface area contributed by atoms with Crippen LogP contribution in [0.4, 0.5) is 5.69 Å². The number of anilines is 1. The van der Waals surface area contributed by atoms with Crippen LogP contribution in [-0.2, 0) is 4.79 Å². The van der Waals surface area contributed by atoms with Gasteiger partial charge in [0, 0.05) is 0 Å². The molecule has 0 aliphatic rings. The summed E-state index contributed by atoms with van der Waals surface area (Å²) in [5, 5.41) is 15.8. The van der Waals surface area contributed by atoms with Crippen molar-refractivity contribution in [3.8, 4) is 6.07 Å². The zero-order chi connectivity index (χ0) is 13.7. The minimum Gasteiger partial charge on any atom is -0.320 e. The van der Waals surface area contributed by atoms with Crippen LogP contribution in [0.25, 0.3) is 6.08 Å². The molecule has 0 aliphatic carbocycles. The summed E-state index contributed by atoms with van der Waals surface area (Å²) in [6.45, 7) is 0. The van der Waals surface area contributed by atoms with Crippen molar-refractivity contribution in [3.63, 3.8) is 0 Å². The molecule has 2 aromatic rings. The first kappa shape index (κ1) is 13.3. The first-order chi connectivity index (χ1) is 9.20. The molecule has 0 bridgehead atoms. The summed E-state index contributed by atoms with van der Waals surface area (Å²) >= 11 is 7.45. The molecule has 0 atom stereocenters. The van der Waals surface area contributed by atoms with Crippen molar-refractivity contribution >= 4 is 40.6 Å². The Kier molecular flexibility index (Phi) is 4.35. The lowest BCUT2D eigenvalue weighted by molar-refractivity contribution is -0.112. The monoisotopic (exact) mass is 288 g/mol. The first-order valence-electron chi connectivity index (χ1n) is 5.40. The fourth-order valence-corrected chi connectivity index (χ4v) is 2.23. The number of para-hydroxylation sites is 1. The second-order valence-electron chi connectivity index (χ2n) is 3.66. The van der Waals surface area contributed by atoms with Gasteiger partial charge in [-0.2, -0.15) is 16.6 Å². The Balaban J connectivity index is 2.19. The molecule has 19 heavy (non-hydrogen) atoms. The second kappa shape index (κ2) is 6.19. The van der Waals surface area contributed by atoms with E-state index in [-0.39, 0.29) is 5.57 Å². The van der Waals surface area contributed by atoms with Gasteiger partial charge >= 0.3 is 0 Å². The highest BCUT2D eigenvalue weighted by Crippen LogP contribution is 2.21. The van der Waals surface area contributed by atoms with Crippen molar-refractivity contribution in [2.24, 2.45) is 0 Å². The third-order valence-electron chi connectivity index (χ3n) is 2.34. The Bertz CT molecular complexity index is 656. The summed E-state index contributed by atoms with van der Waals surface area (Å²) in [5.74, 6) is -0.471. The van der Waals surface area contributed by atoms with E-state index in [2.05, 4.69) is 5.32 Å². The summed E-state index contributed by atoms with van der Waals surface area (Å²) in [6, 6.07) is 10.6. The SMILES string of the molecule is N#C/C(=C\c1ccsc1)C(=O)Nc1ccccc1Cl. The Hall–Kier alpha value is -2.09. The number of nitriles is 1. The third-order valence-corrected chi connectivity index (χ3v) is 3.37. The van der Waals surface area contributed by atoms with Crippen molar-refractivity contribution in [2.45, 2.75) is 0 Å². The molecule has 0 saturated carbocycles. The summed E-state index contributed by atoms with van der Waals surface area (Å²) in [7, 11) is 0. The van der Waals surface area contributed by atoms with Crippen molar-refractivity contribution in [3.05, 3.63) is 57.3 Å². The summed E-state index contributed by atoms with van der Waals surface area (Å²) in [4.78, 5) is 12.0. The number of hydrogen-bond donors (Lipinski definition) is 1. The van der Waals surface area contributed by atoms with Crippen LogP contribution in [-0.4, -0.2) is 5.91 Å². The summed E-state index contributed by atoms with van der Waals surface area (Å²) in [5.41, 5.74) is 1.36. The number of rotatable bonds is 3. The molecular weight excluding hydrogens is 280 g/mol. The Morgan fingerprint density at radius 3 is 2.79 bits per heavy atom. The van der Waals surface area contributed by atoms with E-state index < -0.39 is 5.91 Å². The maximum atomic E-state index is 12.0. The van der Waals surface area contributed by atoms with Gasteiger partial charge in [0.15, 0.2) is 0 Å². The maximum absolute atomic E-state index is 12.0. The van der Waals surface area contributed by atoms with E-state index in [1.807, 2.05) is 22.9 Å². The predicted octanol–water partition coefficient (Wildman–Crippen LogP) is 3.95. The first-order valence-corrected chi connectivity index (χ1v) is 6.72. The van der Waals surface area contributed by atoms with Gasteiger partial charge in [-0.05, 0) is 40.6 Å². The molecule has 5 heteroatoms. The Morgan fingerprint density at radius 2 is 2.16 bits per heavy atom. The van der Waals surface area contributed by atoms with E-state index in [1.54, 1.807) is 30.3 Å². The molecular formula is C14H9ClN2OS. The third kappa shape index (κ3) is 3.44. The van der Waals surface area contributed by atoms with Crippen LogP contribution < -0.4 is 5.32 Å². The molecule has 0 radical (unpaired) electrons. The zero-order valence-electron chi connectivity index (χ0n) is 9.76. The quantitative estimate of drug-likeness (QED) is 0.687. The van der Waals surface area contributed by atoms with E-state index >= 15 is 0 Å². The molecule has 1 aromatic carbocycles. The van der Waals surface area contributed by atoms with Gasteiger partial charge in [0.25, 0.3) is 5.91 Å². The van der Waals surface area contributed by atoms with Crippen molar-refractivity contribution < 1.29 is 4.79 Å². The van der Waals surface area contributed by atoms with Gasteiger partial charge in [0.05, 0.1) is 10.7 Å². The minimum atomic E-state index is -0.471. The van der Waals surface area contributed by atoms with Gasteiger partial charge in [-0.15, -0.1) is 0 Å². The molecule has 0 unspecified atom stereocenters. The topological polar surface area (TPSA) is 52.9 Å². The smallest absolute Gasteiger partial charge is 0.266 e. The maximum Gasteiger partial charge on any atom is 0.266 e. The van der Waals surface area contributed by atoms with E-state index in [4.69, 9.17) is 16.9 Å². The standard InChI is InChI=1S/C14H9ClN2OS/c15-12-3-1-2-4-13(12)17-14(18)11(8-16)7-10-5-6-19-9-10/h1-7,9H,(H,17,18)/b11-7+. The van der Waals surface area contributed by atoms with Crippen LogP contribution in [0.1, 0.15) is 5.56 Å². The van der Waals surface area contributed by atoms with Crippen molar-refractivity contribution in [1.82, 2.24) is 0 Å². The molecule has 1 N–H and O–H groups in total. The lowest BCUT2D eigenvalue weighted by Gasteiger charge is -2.05. The number of carbonyl (C=O) groups excluding carboxylic acids is 1. The molecule has 0 aliphatic heterocycles. The number of amides is 1. The van der Waals surface area contributed by atoms with E-state index in [0.29, 0.717) is 10.7 Å². The number of carbonyl (C=O) groups is 1. The highest BCUT2D eigenvalue weighted by molar-refractivity contribution is 7.08. The second-order valence-corrected chi connectivity index (χ2v) is 4.85. The van der Waals surface area contributed by atoms with Crippen LogP contribution in [0.3, 0.4) is 0 Å². The number of thiophene rings is 1. The van der Waals surface area contributed by atoms with Crippen LogP contribution in [0.15, 0.2) is 46.7 Å². The fraction of sp³-hybridized carbons (Fsp3) is 0. The van der Waals surface area contributed by atoms with Gasteiger partial charge in [-0.1, -0.05) is 23.7 Å². The van der Waals surface area contributed by atoms with Crippen molar-refractivity contribution in [1.29, 1.82) is 5.26 Å². The average molecular weight is 289 g/mol. The average Bonchev–Trinajstić information content (AvgIpc) is 2.91. The van der Waals surface area contributed by atoms with Crippen molar-refractivity contribution in [2.75, 3.05) is 5.32 Å². The predicted molar refractivity (Wildman–Crippen MR) is 78.0 cm³/mol. The number of hydrogen-bond acceptors (Lipinski definition) is 3. The van der Waals surface area contributed by atoms with Crippen LogP contribution in [0, 0.1) is 11.3 Å². The van der Waals surface area contributed by atoms with E-state index in [9.17, 15) is 4.79 Å². The molecule has 0 saturated heterocycles. The van der Waals surface area contributed by atoms with E-state index in [1.165, 1.54) is 11.3 Å². The Morgan fingerprint density at radius 1 is 1.37 bits per heavy atom. The van der Waals surface area contributed by atoms with Gasteiger partial charge in [0.2, 0.25) is 0 Å². The highest BCUT2D eigenvalue weighted by atomic mass is 35.5. The molecule has 1 heterocycles. The molecule has 0 fully saturated rings. The normalized spacial score (nSPS) is 10.8. The zero-order valence-corrected chi connectivity index (χ0v) is 11.3. The van der Waals surface area contributed by atoms with Crippen LogP contribution >= 0.6 is 22.9 Å². The number of benzene rings is 1. The summed E-state index contributed by atoms with van der Waals surface area (Å²) < 4.78 is 0. The molecule has 0 spiro atoms. The summed E-state index contributed by atoms with van der Waals surface area (Å²) in [6.07, 6.45) is 1.54. The van der Waals surface area contributed by atoms with E-state index in [0.717, 1.165) is 5.56 Å². The van der Waals surface area contributed by atoms with Gasteiger partial charge < -0.3 is 5.32 Å². The van der Waals surface area contributed by atoms with Gasteiger partial charge in [-0.3, -0.25) is 4.79 Å². The number of nitrogens with one attached hydrogen (secondary N) is 1. The molecule has 3 nitrogen and oxygen atoms in total. The number of nitrogens with zero attached hydrogens (tertiary/aromatic N) is 1.